The van der Waals surface area contributed by atoms with E-state index >= 15 is 0 Å². The largest absolute Gasteiger partial charge is 0.478 e. The Morgan fingerprint density at radius 2 is 2.23 bits per heavy atom. The van der Waals surface area contributed by atoms with Crippen LogP contribution in [-0.2, 0) is 4.79 Å². The third-order valence-corrected chi connectivity index (χ3v) is 4.82. The molecule has 4 N–H and O–H groups in total. The number of aliphatic hydroxyl groups excluding tert-OH is 2. The molecule has 22 heavy (non-hydrogen) atoms. The van der Waals surface area contributed by atoms with Crippen molar-refractivity contribution in [2.45, 2.75) is 25.0 Å². The Hall–Kier alpha value is -2.19. The van der Waals surface area contributed by atoms with E-state index in [1.165, 1.54) is 10.8 Å². The molecule has 2 aliphatic carbocycles. The maximum absolute atomic E-state index is 12.0. The molecule has 8 nitrogen and oxygen atoms in total. The van der Waals surface area contributed by atoms with Gasteiger partial charge in [-0.05, 0) is 24.8 Å². The van der Waals surface area contributed by atoms with Gasteiger partial charge in [-0.2, -0.15) is 0 Å². The second-order valence-electron chi connectivity index (χ2n) is 5.94. The number of carbonyl (C=O) groups is 1. The minimum absolute atomic E-state index is 0.0209. The molecule has 2 saturated carbocycles. The van der Waals surface area contributed by atoms with Gasteiger partial charge in [0.05, 0.1) is 18.3 Å². The van der Waals surface area contributed by atoms with Crippen LogP contribution in [0.5, 0.6) is 0 Å². The number of carboxylic acid groups (broad SMARTS) is 1. The van der Waals surface area contributed by atoms with Gasteiger partial charge in [-0.1, -0.05) is 0 Å². The highest BCUT2D eigenvalue weighted by atomic mass is 16.4. The number of carboxylic acids is 1. The summed E-state index contributed by atoms with van der Waals surface area (Å²) < 4.78 is 1.32. The summed E-state index contributed by atoms with van der Waals surface area (Å²) in [5.41, 5.74) is -1.76. The van der Waals surface area contributed by atoms with Crippen molar-refractivity contribution in [1.82, 2.24) is 9.55 Å². The topological polar surface area (TPSA) is 133 Å². The van der Waals surface area contributed by atoms with Crippen LogP contribution in [0, 0.1) is 11.3 Å². The molecule has 118 valence electrons. The summed E-state index contributed by atoms with van der Waals surface area (Å²) >= 11 is 0. The Morgan fingerprint density at radius 3 is 2.77 bits per heavy atom. The third kappa shape index (κ3) is 2.11. The van der Waals surface area contributed by atoms with Crippen LogP contribution < -0.4 is 11.2 Å². The standard InChI is InChI=1S/C14H16N2O6/c17-6-14-4-8(14)9(3-10(14)18)16-5-7(1-2-11(19)20)12(21)15-13(16)22/h1-2,5,8-10,17-18H,3-4,6H2,(H,19,20)(H,15,21,22)/b2-1+/t8-,9+,10+,14+/m1/s1. The molecule has 0 saturated heterocycles. The first-order valence-corrected chi connectivity index (χ1v) is 6.94. The molecule has 3 rings (SSSR count). The number of nitrogens with zero attached hydrogens (tertiary/aromatic N) is 1. The molecule has 0 radical (unpaired) electrons. The zero-order valence-corrected chi connectivity index (χ0v) is 11.6. The molecule has 0 spiro atoms. The highest BCUT2D eigenvalue weighted by Crippen LogP contribution is 2.66. The zero-order chi connectivity index (χ0) is 16.1. The first kappa shape index (κ1) is 14.7. The number of aliphatic hydroxyl groups is 2. The first-order chi connectivity index (χ1) is 10.4. The smallest absolute Gasteiger partial charge is 0.328 e. The van der Waals surface area contributed by atoms with Gasteiger partial charge in [0.1, 0.15) is 0 Å². The number of hydrogen-bond acceptors (Lipinski definition) is 5. The SMILES string of the molecule is O=C(O)/C=C/c1cn([C@H]2C[C@H](O)[C@]3(CO)C[C@H]23)c(=O)[nH]c1=O. The van der Waals surface area contributed by atoms with Gasteiger partial charge in [-0.25, -0.2) is 9.59 Å². The molecule has 0 bridgehead atoms. The molecular formula is C14H16N2O6. The summed E-state index contributed by atoms with van der Waals surface area (Å²) in [5, 5.41) is 28.1. The van der Waals surface area contributed by atoms with E-state index in [9.17, 15) is 24.6 Å². The Labute approximate surface area is 124 Å². The van der Waals surface area contributed by atoms with Crippen LogP contribution in [0.2, 0.25) is 0 Å². The molecular weight excluding hydrogens is 292 g/mol. The van der Waals surface area contributed by atoms with Crippen molar-refractivity contribution in [3.05, 3.63) is 38.7 Å². The summed E-state index contributed by atoms with van der Waals surface area (Å²) in [6, 6.07) is -0.316. The van der Waals surface area contributed by atoms with Crippen molar-refractivity contribution in [2.24, 2.45) is 11.3 Å². The quantitative estimate of drug-likeness (QED) is 0.524. The second kappa shape index (κ2) is 4.92. The number of fused-ring (bicyclic) bond motifs is 1. The van der Waals surface area contributed by atoms with Gasteiger partial charge < -0.3 is 15.3 Å². The van der Waals surface area contributed by atoms with Crippen LogP contribution in [0.15, 0.2) is 21.9 Å². The van der Waals surface area contributed by atoms with E-state index in [4.69, 9.17) is 5.11 Å². The van der Waals surface area contributed by atoms with Crippen molar-refractivity contribution in [3.8, 4) is 0 Å². The van der Waals surface area contributed by atoms with Gasteiger partial charge in [0.2, 0.25) is 0 Å². The molecule has 4 atom stereocenters. The maximum Gasteiger partial charge on any atom is 0.328 e. The van der Waals surface area contributed by atoms with Gasteiger partial charge >= 0.3 is 11.7 Å². The lowest BCUT2D eigenvalue weighted by Gasteiger charge is -2.17. The van der Waals surface area contributed by atoms with Crippen molar-refractivity contribution in [2.75, 3.05) is 6.61 Å². The Kier molecular flexibility index (Phi) is 3.30. The van der Waals surface area contributed by atoms with E-state index in [-0.39, 0.29) is 24.1 Å². The fourth-order valence-corrected chi connectivity index (χ4v) is 3.50. The van der Waals surface area contributed by atoms with E-state index in [2.05, 4.69) is 4.98 Å². The lowest BCUT2D eigenvalue weighted by Crippen LogP contribution is -2.33. The number of hydrogen-bond donors (Lipinski definition) is 4. The summed E-state index contributed by atoms with van der Waals surface area (Å²) in [7, 11) is 0. The van der Waals surface area contributed by atoms with Crippen molar-refractivity contribution >= 4 is 12.0 Å². The average Bonchev–Trinajstić information content (AvgIpc) is 3.13. The monoisotopic (exact) mass is 308 g/mol. The molecule has 2 fully saturated rings. The zero-order valence-electron chi connectivity index (χ0n) is 11.6. The molecule has 1 aromatic heterocycles. The number of aromatic nitrogens is 2. The third-order valence-electron chi connectivity index (χ3n) is 4.82. The molecule has 2 aliphatic rings. The molecule has 0 amide bonds. The highest BCUT2D eigenvalue weighted by molar-refractivity contribution is 5.85. The van der Waals surface area contributed by atoms with Crippen LogP contribution in [0.3, 0.4) is 0 Å². The van der Waals surface area contributed by atoms with Crippen molar-refractivity contribution < 1.29 is 20.1 Å². The summed E-state index contributed by atoms with van der Waals surface area (Å²) in [4.78, 5) is 36.4. The molecule has 0 aliphatic heterocycles. The minimum atomic E-state index is -1.20. The molecule has 8 heteroatoms. The van der Waals surface area contributed by atoms with E-state index < -0.39 is 28.7 Å². The highest BCUT2D eigenvalue weighted by Gasteiger charge is 2.67. The average molecular weight is 308 g/mol. The van der Waals surface area contributed by atoms with Crippen molar-refractivity contribution in [3.63, 3.8) is 0 Å². The lowest BCUT2D eigenvalue weighted by atomic mass is 10.0. The van der Waals surface area contributed by atoms with Crippen LogP contribution in [0.4, 0.5) is 0 Å². The summed E-state index contributed by atoms with van der Waals surface area (Å²) in [6.07, 6.45) is 3.50. The fraction of sp³-hybridized carbons (Fsp3) is 0.500. The molecule has 1 aromatic rings. The van der Waals surface area contributed by atoms with Gasteiger partial charge in [0.25, 0.3) is 5.56 Å². The predicted molar refractivity (Wildman–Crippen MR) is 75.3 cm³/mol. The first-order valence-electron chi connectivity index (χ1n) is 6.94. The molecule has 0 unspecified atom stereocenters. The van der Waals surface area contributed by atoms with Crippen LogP contribution in [0.25, 0.3) is 6.08 Å². The van der Waals surface area contributed by atoms with Crippen LogP contribution in [-0.4, -0.2) is 43.6 Å². The van der Waals surface area contributed by atoms with Crippen LogP contribution >= 0.6 is 0 Å². The lowest BCUT2D eigenvalue weighted by molar-refractivity contribution is -0.131. The normalized spacial score (nSPS) is 33.1. The van der Waals surface area contributed by atoms with E-state index in [0.29, 0.717) is 12.8 Å². The number of aliphatic carboxylic acids is 1. The second-order valence-corrected chi connectivity index (χ2v) is 5.94. The number of rotatable bonds is 4. The van der Waals surface area contributed by atoms with Crippen LogP contribution in [0.1, 0.15) is 24.4 Å². The van der Waals surface area contributed by atoms with E-state index in [1.807, 2.05) is 0 Å². The predicted octanol–water partition coefficient (Wildman–Crippen LogP) is -1.06. The van der Waals surface area contributed by atoms with E-state index in [1.54, 1.807) is 0 Å². The Balaban J connectivity index is 1.99. The summed E-state index contributed by atoms with van der Waals surface area (Å²) in [6.45, 7) is -0.140. The Morgan fingerprint density at radius 1 is 1.50 bits per heavy atom. The fourth-order valence-electron chi connectivity index (χ4n) is 3.50. The van der Waals surface area contributed by atoms with Gasteiger partial charge in [-0.3, -0.25) is 14.3 Å². The number of nitrogens with one attached hydrogen (secondary N) is 1. The molecule has 1 heterocycles. The van der Waals surface area contributed by atoms with Crippen molar-refractivity contribution in [1.29, 1.82) is 0 Å². The van der Waals surface area contributed by atoms with E-state index in [0.717, 1.165) is 12.2 Å². The maximum atomic E-state index is 12.0. The number of aromatic amines is 1. The molecule has 0 aromatic carbocycles. The van der Waals surface area contributed by atoms with Gasteiger partial charge in [0, 0.05) is 23.7 Å². The minimum Gasteiger partial charge on any atom is -0.478 e. The van der Waals surface area contributed by atoms with Gasteiger partial charge in [0.15, 0.2) is 0 Å². The summed E-state index contributed by atoms with van der Waals surface area (Å²) in [5.74, 6) is -1.22. The number of H-pyrrole nitrogens is 1. The Bertz CT molecular complexity index is 763. The van der Waals surface area contributed by atoms with Gasteiger partial charge in [-0.15, -0.1) is 0 Å².